The average Bonchev–Trinajstić information content (AvgIpc) is 3.40. The monoisotopic (exact) mass is 527 g/mol. The molecule has 0 unspecified atom stereocenters. The SMILES string of the molecule is c1ccc(-c2nc(N3c4c(ccc5ccccc45)-c4cccc5cccc3c45)nc3c2sc2ccccc23)cc1. The zero-order valence-corrected chi connectivity index (χ0v) is 22.2. The summed E-state index contributed by atoms with van der Waals surface area (Å²) in [7, 11) is 0. The molecule has 1 aliphatic rings. The van der Waals surface area contributed by atoms with E-state index >= 15 is 0 Å². The first-order chi connectivity index (χ1) is 19.8. The smallest absolute Gasteiger partial charge is 0.235 e. The van der Waals surface area contributed by atoms with Crippen molar-refractivity contribution in [3.05, 3.63) is 127 Å². The molecule has 6 aromatic carbocycles. The molecule has 3 nitrogen and oxygen atoms in total. The summed E-state index contributed by atoms with van der Waals surface area (Å²) < 4.78 is 2.34. The molecule has 0 saturated heterocycles. The molecule has 4 heteroatoms. The first-order valence-electron chi connectivity index (χ1n) is 13.4. The van der Waals surface area contributed by atoms with Crippen LogP contribution in [-0.2, 0) is 0 Å². The van der Waals surface area contributed by atoms with Crippen LogP contribution in [0.2, 0.25) is 0 Å². The summed E-state index contributed by atoms with van der Waals surface area (Å²) in [6.45, 7) is 0. The van der Waals surface area contributed by atoms with Crippen LogP contribution < -0.4 is 4.90 Å². The predicted octanol–water partition coefficient (Wildman–Crippen LogP) is 10.3. The molecule has 2 aromatic heterocycles. The first kappa shape index (κ1) is 21.8. The number of rotatable bonds is 2. The zero-order chi connectivity index (χ0) is 26.2. The molecule has 186 valence electrons. The number of thiophene rings is 1. The van der Waals surface area contributed by atoms with E-state index in [4.69, 9.17) is 9.97 Å². The van der Waals surface area contributed by atoms with Gasteiger partial charge in [-0.1, -0.05) is 115 Å². The van der Waals surface area contributed by atoms with Crippen molar-refractivity contribution in [2.24, 2.45) is 0 Å². The maximum atomic E-state index is 5.38. The molecule has 3 heterocycles. The highest BCUT2D eigenvalue weighted by atomic mass is 32.1. The van der Waals surface area contributed by atoms with E-state index in [-0.39, 0.29) is 0 Å². The van der Waals surface area contributed by atoms with Crippen LogP contribution in [0.4, 0.5) is 17.3 Å². The summed E-state index contributed by atoms with van der Waals surface area (Å²) in [5.74, 6) is 0.689. The molecule has 0 radical (unpaired) electrons. The Balaban J connectivity index is 1.46. The van der Waals surface area contributed by atoms with Crippen molar-refractivity contribution in [3.8, 4) is 22.4 Å². The standard InChI is InChI=1S/C36H21N3S/c1-2-11-24(12-3-1)32-35-33(28-16-6-7-19-30(28)40-35)38-36(37-32)39-29-18-9-14-23-13-8-17-26(31(23)29)27-21-20-22-10-4-5-15-25(22)34(27)39/h1-21H. The van der Waals surface area contributed by atoms with Gasteiger partial charge in [0.2, 0.25) is 5.95 Å². The van der Waals surface area contributed by atoms with Gasteiger partial charge in [0, 0.05) is 32.0 Å². The molecule has 1 aliphatic heterocycles. The molecule has 0 fully saturated rings. The largest absolute Gasteiger partial charge is 0.277 e. The molecule has 0 amide bonds. The Bertz CT molecular complexity index is 2280. The maximum Gasteiger partial charge on any atom is 0.235 e. The second-order valence-electron chi connectivity index (χ2n) is 10.2. The van der Waals surface area contributed by atoms with Gasteiger partial charge < -0.3 is 0 Å². The van der Waals surface area contributed by atoms with Gasteiger partial charge in [0.1, 0.15) is 0 Å². The van der Waals surface area contributed by atoms with E-state index in [1.807, 2.05) is 0 Å². The highest BCUT2D eigenvalue weighted by Crippen LogP contribution is 2.53. The summed E-state index contributed by atoms with van der Waals surface area (Å²) in [6.07, 6.45) is 0. The highest BCUT2D eigenvalue weighted by Gasteiger charge is 2.30. The van der Waals surface area contributed by atoms with Gasteiger partial charge in [0.25, 0.3) is 0 Å². The van der Waals surface area contributed by atoms with E-state index in [9.17, 15) is 0 Å². The van der Waals surface area contributed by atoms with Crippen molar-refractivity contribution in [3.63, 3.8) is 0 Å². The Hall–Kier alpha value is -5.06. The Kier molecular flexibility index (Phi) is 4.48. The second kappa shape index (κ2) is 8.22. The lowest BCUT2D eigenvalue weighted by molar-refractivity contribution is 1.12. The minimum atomic E-state index is 0.689. The van der Waals surface area contributed by atoms with Crippen LogP contribution in [0.25, 0.3) is 64.2 Å². The number of anilines is 3. The van der Waals surface area contributed by atoms with Gasteiger partial charge in [-0.3, -0.25) is 4.90 Å². The quantitative estimate of drug-likeness (QED) is 0.224. The van der Waals surface area contributed by atoms with E-state index < -0.39 is 0 Å². The summed E-state index contributed by atoms with van der Waals surface area (Å²) in [4.78, 5) is 13.0. The Labute approximate surface area is 234 Å². The number of hydrogen-bond donors (Lipinski definition) is 0. The van der Waals surface area contributed by atoms with Gasteiger partial charge in [-0.25, -0.2) is 9.97 Å². The van der Waals surface area contributed by atoms with Gasteiger partial charge in [-0.15, -0.1) is 11.3 Å². The van der Waals surface area contributed by atoms with Crippen molar-refractivity contribution in [1.82, 2.24) is 9.97 Å². The van der Waals surface area contributed by atoms with Gasteiger partial charge in [0.15, 0.2) is 0 Å². The lowest BCUT2D eigenvalue weighted by atomic mass is 9.89. The maximum absolute atomic E-state index is 5.38. The second-order valence-corrected chi connectivity index (χ2v) is 11.3. The molecule has 0 aliphatic carbocycles. The summed E-state index contributed by atoms with van der Waals surface area (Å²) in [5, 5.41) is 5.99. The topological polar surface area (TPSA) is 29.0 Å². The van der Waals surface area contributed by atoms with E-state index in [0.717, 1.165) is 38.2 Å². The van der Waals surface area contributed by atoms with Crippen LogP contribution >= 0.6 is 11.3 Å². The van der Waals surface area contributed by atoms with E-state index in [0.29, 0.717) is 5.95 Å². The highest BCUT2D eigenvalue weighted by molar-refractivity contribution is 7.26. The van der Waals surface area contributed by atoms with Crippen molar-refractivity contribution in [2.45, 2.75) is 0 Å². The number of benzene rings is 6. The third-order valence-corrected chi connectivity index (χ3v) is 9.16. The minimum Gasteiger partial charge on any atom is -0.277 e. The van der Waals surface area contributed by atoms with Gasteiger partial charge >= 0.3 is 0 Å². The molecule has 0 saturated carbocycles. The van der Waals surface area contributed by atoms with Crippen LogP contribution in [0.5, 0.6) is 0 Å². The number of fused-ring (bicyclic) bond motifs is 7. The summed E-state index contributed by atoms with van der Waals surface area (Å²) in [6, 6.07) is 45.3. The first-order valence-corrected chi connectivity index (χ1v) is 14.3. The molecular formula is C36H21N3S. The van der Waals surface area contributed by atoms with Crippen LogP contribution in [0.15, 0.2) is 127 Å². The predicted molar refractivity (Wildman–Crippen MR) is 169 cm³/mol. The fraction of sp³-hybridized carbons (Fsp3) is 0. The summed E-state index contributed by atoms with van der Waals surface area (Å²) in [5.41, 5.74) is 7.74. The lowest BCUT2D eigenvalue weighted by Gasteiger charge is -2.33. The van der Waals surface area contributed by atoms with Gasteiger partial charge in [0.05, 0.1) is 27.3 Å². The summed E-state index contributed by atoms with van der Waals surface area (Å²) >= 11 is 1.77. The Morgan fingerprint density at radius 2 is 1.30 bits per heavy atom. The van der Waals surface area contributed by atoms with Crippen LogP contribution in [-0.4, -0.2) is 9.97 Å². The molecule has 0 atom stereocenters. The molecule has 0 spiro atoms. The number of hydrogen-bond acceptors (Lipinski definition) is 4. The van der Waals surface area contributed by atoms with E-state index in [2.05, 4.69) is 132 Å². The van der Waals surface area contributed by atoms with Crippen molar-refractivity contribution in [2.75, 3.05) is 4.90 Å². The fourth-order valence-electron chi connectivity index (χ4n) is 6.24. The Morgan fingerprint density at radius 3 is 2.20 bits per heavy atom. The minimum absolute atomic E-state index is 0.689. The number of aromatic nitrogens is 2. The van der Waals surface area contributed by atoms with Crippen molar-refractivity contribution >= 4 is 70.5 Å². The third kappa shape index (κ3) is 2.99. The van der Waals surface area contributed by atoms with E-state index in [1.165, 1.54) is 37.4 Å². The fourth-order valence-corrected chi connectivity index (χ4v) is 7.40. The zero-order valence-electron chi connectivity index (χ0n) is 21.4. The molecular weight excluding hydrogens is 506 g/mol. The van der Waals surface area contributed by atoms with Crippen LogP contribution in [0.3, 0.4) is 0 Å². The number of nitrogens with zero attached hydrogens (tertiary/aromatic N) is 3. The molecule has 0 N–H and O–H groups in total. The van der Waals surface area contributed by atoms with Gasteiger partial charge in [-0.2, -0.15) is 0 Å². The van der Waals surface area contributed by atoms with Gasteiger partial charge in [-0.05, 0) is 28.5 Å². The Morgan fingerprint density at radius 1 is 0.550 bits per heavy atom. The molecule has 9 rings (SSSR count). The molecule has 40 heavy (non-hydrogen) atoms. The lowest BCUT2D eigenvalue weighted by Crippen LogP contribution is -2.18. The average molecular weight is 528 g/mol. The van der Waals surface area contributed by atoms with E-state index in [1.54, 1.807) is 11.3 Å². The van der Waals surface area contributed by atoms with Crippen molar-refractivity contribution in [1.29, 1.82) is 0 Å². The normalized spacial score (nSPS) is 12.4. The van der Waals surface area contributed by atoms with Crippen molar-refractivity contribution < 1.29 is 0 Å². The van der Waals surface area contributed by atoms with Crippen LogP contribution in [0.1, 0.15) is 0 Å². The van der Waals surface area contributed by atoms with Crippen LogP contribution in [0, 0.1) is 0 Å². The third-order valence-electron chi connectivity index (χ3n) is 7.99. The molecule has 8 aromatic rings. The molecule has 0 bridgehead atoms.